The van der Waals surface area contributed by atoms with Crippen LogP contribution in [0.25, 0.3) is 16.9 Å². The van der Waals surface area contributed by atoms with Crippen molar-refractivity contribution in [2.45, 2.75) is 0 Å². The number of carbonyl (C=O) groups is 1. The molecule has 4 aromatic rings. The SMILES string of the molecule is CN(c1ccc2ncc(-c3cccc(C(=O)O)c3)n2n1)c1ccco1. The molecule has 1 N–H and O–H groups in total. The number of rotatable bonds is 4. The minimum Gasteiger partial charge on any atom is -0.478 e. The van der Waals surface area contributed by atoms with Gasteiger partial charge in [-0.05, 0) is 30.3 Å². The monoisotopic (exact) mass is 334 g/mol. The number of aromatic nitrogens is 3. The van der Waals surface area contributed by atoms with Crippen LogP contribution in [0.5, 0.6) is 0 Å². The highest BCUT2D eigenvalue weighted by molar-refractivity contribution is 5.89. The van der Waals surface area contributed by atoms with E-state index in [-0.39, 0.29) is 5.56 Å². The maximum absolute atomic E-state index is 11.2. The molecule has 0 amide bonds. The minimum absolute atomic E-state index is 0.219. The Labute approximate surface area is 142 Å². The first kappa shape index (κ1) is 14.9. The summed E-state index contributed by atoms with van der Waals surface area (Å²) in [4.78, 5) is 17.4. The highest BCUT2D eigenvalue weighted by atomic mass is 16.4. The van der Waals surface area contributed by atoms with Gasteiger partial charge in [0.1, 0.15) is 0 Å². The summed E-state index contributed by atoms with van der Waals surface area (Å²) in [6.45, 7) is 0. The second-order valence-corrected chi connectivity index (χ2v) is 5.50. The molecule has 7 nitrogen and oxygen atoms in total. The molecule has 0 atom stereocenters. The van der Waals surface area contributed by atoms with Crippen molar-refractivity contribution in [1.29, 1.82) is 0 Å². The average molecular weight is 334 g/mol. The van der Waals surface area contributed by atoms with E-state index in [1.807, 2.05) is 42.3 Å². The van der Waals surface area contributed by atoms with Gasteiger partial charge in [0.2, 0.25) is 5.88 Å². The van der Waals surface area contributed by atoms with Crippen LogP contribution in [-0.4, -0.2) is 32.7 Å². The molecule has 0 saturated carbocycles. The third-order valence-corrected chi connectivity index (χ3v) is 3.93. The number of benzene rings is 1. The molecule has 3 heterocycles. The fourth-order valence-electron chi connectivity index (χ4n) is 2.62. The van der Waals surface area contributed by atoms with Gasteiger partial charge >= 0.3 is 5.97 Å². The van der Waals surface area contributed by atoms with Crippen LogP contribution in [-0.2, 0) is 0 Å². The van der Waals surface area contributed by atoms with Gasteiger partial charge in [-0.1, -0.05) is 12.1 Å². The average Bonchev–Trinajstić information content (AvgIpc) is 3.30. The Balaban J connectivity index is 1.82. The third kappa shape index (κ3) is 2.61. The lowest BCUT2D eigenvalue weighted by atomic mass is 10.1. The summed E-state index contributed by atoms with van der Waals surface area (Å²) in [7, 11) is 1.86. The lowest BCUT2D eigenvalue weighted by Crippen LogP contribution is -2.12. The molecular formula is C18H14N4O3. The Hall–Kier alpha value is -3.61. The van der Waals surface area contributed by atoms with Gasteiger partial charge in [0.15, 0.2) is 11.5 Å². The Morgan fingerprint density at radius 1 is 1.20 bits per heavy atom. The fourth-order valence-corrected chi connectivity index (χ4v) is 2.62. The Morgan fingerprint density at radius 3 is 2.84 bits per heavy atom. The molecule has 0 saturated heterocycles. The van der Waals surface area contributed by atoms with Gasteiger partial charge in [0.25, 0.3) is 0 Å². The molecule has 7 heteroatoms. The van der Waals surface area contributed by atoms with Crippen molar-refractivity contribution in [3.63, 3.8) is 0 Å². The largest absolute Gasteiger partial charge is 0.478 e. The quantitative estimate of drug-likeness (QED) is 0.615. The second-order valence-electron chi connectivity index (χ2n) is 5.50. The van der Waals surface area contributed by atoms with Crippen LogP contribution >= 0.6 is 0 Å². The topological polar surface area (TPSA) is 83.9 Å². The maximum atomic E-state index is 11.2. The van der Waals surface area contributed by atoms with E-state index in [0.717, 1.165) is 5.56 Å². The lowest BCUT2D eigenvalue weighted by molar-refractivity contribution is 0.0697. The number of hydrogen-bond donors (Lipinski definition) is 1. The van der Waals surface area contributed by atoms with Crippen molar-refractivity contribution in [2.24, 2.45) is 0 Å². The summed E-state index contributed by atoms with van der Waals surface area (Å²) in [5, 5.41) is 13.8. The predicted molar refractivity (Wildman–Crippen MR) is 92.2 cm³/mol. The first-order chi connectivity index (χ1) is 12.1. The normalized spacial score (nSPS) is 10.9. The molecular weight excluding hydrogens is 320 g/mol. The van der Waals surface area contributed by atoms with Crippen LogP contribution in [0.2, 0.25) is 0 Å². The highest BCUT2D eigenvalue weighted by Crippen LogP contribution is 2.25. The molecule has 1 aromatic carbocycles. The molecule has 4 rings (SSSR count). The smallest absolute Gasteiger partial charge is 0.335 e. The Kier molecular flexibility index (Phi) is 3.46. The highest BCUT2D eigenvalue weighted by Gasteiger charge is 2.13. The number of aromatic carboxylic acids is 1. The van der Waals surface area contributed by atoms with E-state index < -0.39 is 5.97 Å². The molecule has 0 aliphatic heterocycles. The summed E-state index contributed by atoms with van der Waals surface area (Å²) in [5.41, 5.74) is 2.34. The summed E-state index contributed by atoms with van der Waals surface area (Å²) < 4.78 is 7.09. The number of imidazole rings is 1. The minimum atomic E-state index is -0.970. The number of nitrogens with zero attached hydrogens (tertiary/aromatic N) is 4. The molecule has 0 spiro atoms. The van der Waals surface area contributed by atoms with Gasteiger partial charge in [-0.15, -0.1) is 5.10 Å². The lowest BCUT2D eigenvalue weighted by Gasteiger charge is -2.15. The zero-order valence-corrected chi connectivity index (χ0v) is 13.3. The van der Waals surface area contributed by atoms with E-state index in [1.165, 1.54) is 0 Å². The van der Waals surface area contributed by atoms with E-state index in [9.17, 15) is 9.90 Å². The zero-order valence-electron chi connectivity index (χ0n) is 13.3. The van der Waals surface area contributed by atoms with Crippen molar-refractivity contribution in [2.75, 3.05) is 11.9 Å². The predicted octanol–water partition coefficient (Wildman–Crippen LogP) is 3.46. The van der Waals surface area contributed by atoms with Crippen LogP contribution in [0.3, 0.4) is 0 Å². The maximum Gasteiger partial charge on any atom is 0.335 e. The van der Waals surface area contributed by atoms with Crippen molar-refractivity contribution >= 4 is 23.3 Å². The number of fused-ring (bicyclic) bond motifs is 1. The second kappa shape index (κ2) is 5.79. The fraction of sp³-hybridized carbons (Fsp3) is 0.0556. The first-order valence-electron chi connectivity index (χ1n) is 7.59. The van der Waals surface area contributed by atoms with E-state index in [4.69, 9.17) is 4.42 Å². The molecule has 0 unspecified atom stereocenters. The summed E-state index contributed by atoms with van der Waals surface area (Å²) in [6, 6.07) is 14.1. The van der Waals surface area contributed by atoms with E-state index in [0.29, 0.717) is 23.0 Å². The van der Waals surface area contributed by atoms with Crippen LogP contribution in [0.4, 0.5) is 11.7 Å². The first-order valence-corrected chi connectivity index (χ1v) is 7.59. The summed E-state index contributed by atoms with van der Waals surface area (Å²) in [6.07, 6.45) is 3.28. The van der Waals surface area contributed by atoms with Crippen molar-refractivity contribution < 1.29 is 14.3 Å². The van der Waals surface area contributed by atoms with Crippen LogP contribution < -0.4 is 4.90 Å². The number of carboxylic acids is 1. The van der Waals surface area contributed by atoms with Crippen molar-refractivity contribution in [3.8, 4) is 11.3 Å². The number of carboxylic acid groups (broad SMARTS) is 1. The molecule has 3 aromatic heterocycles. The molecule has 0 aliphatic carbocycles. The zero-order chi connectivity index (χ0) is 17.4. The molecule has 25 heavy (non-hydrogen) atoms. The third-order valence-electron chi connectivity index (χ3n) is 3.93. The molecule has 124 valence electrons. The Bertz CT molecular complexity index is 1050. The van der Waals surface area contributed by atoms with E-state index in [1.54, 1.807) is 35.2 Å². The number of furan rings is 1. The van der Waals surface area contributed by atoms with E-state index in [2.05, 4.69) is 10.1 Å². The molecule has 0 fully saturated rings. The standard InChI is InChI=1S/C18H14N4O3/c1-21(17-6-3-9-25-17)16-8-7-15-19-11-14(22(15)20-16)12-4-2-5-13(10-12)18(23)24/h2-11H,1H3,(H,23,24). The van der Waals surface area contributed by atoms with Crippen LogP contribution in [0, 0.1) is 0 Å². The van der Waals surface area contributed by atoms with Crippen molar-refractivity contribution in [3.05, 3.63) is 66.6 Å². The molecule has 0 radical (unpaired) electrons. The number of anilines is 2. The van der Waals surface area contributed by atoms with Crippen LogP contribution in [0.15, 0.2) is 65.4 Å². The molecule has 0 bridgehead atoms. The Morgan fingerprint density at radius 2 is 2.08 bits per heavy atom. The van der Waals surface area contributed by atoms with E-state index >= 15 is 0 Å². The van der Waals surface area contributed by atoms with Gasteiger partial charge < -0.3 is 9.52 Å². The van der Waals surface area contributed by atoms with Gasteiger partial charge in [0.05, 0.1) is 23.7 Å². The number of hydrogen-bond acceptors (Lipinski definition) is 5. The summed E-state index contributed by atoms with van der Waals surface area (Å²) >= 11 is 0. The van der Waals surface area contributed by atoms with Crippen LogP contribution in [0.1, 0.15) is 10.4 Å². The van der Waals surface area contributed by atoms with Gasteiger partial charge in [-0.25, -0.2) is 14.3 Å². The van der Waals surface area contributed by atoms with Gasteiger partial charge in [0, 0.05) is 18.7 Å². The van der Waals surface area contributed by atoms with Gasteiger partial charge in [-0.3, -0.25) is 4.90 Å². The summed E-state index contributed by atoms with van der Waals surface area (Å²) in [5.74, 6) is 0.374. The molecule has 0 aliphatic rings. The van der Waals surface area contributed by atoms with Crippen molar-refractivity contribution in [1.82, 2.24) is 14.6 Å². The van der Waals surface area contributed by atoms with Gasteiger partial charge in [-0.2, -0.15) is 0 Å².